The highest BCUT2D eigenvalue weighted by Gasteiger charge is 2.34. The first-order chi connectivity index (χ1) is 9.91. The lowest BCUT2D eigenvalue weighted by atomic mass is 9.89. The van der Waals surface area contributed by atoms with Crippen molar-refractivity contribution in [2.75, 3.05) is 13.1 Å². The summed E-state index contributed by atoms with van der Waals surface area (Å²) in [5, 5.41) is 11.5. The van der Waals surface area contributed by atoms with Crippen molar-refractivity contribution in [3.05, 3.63) is 33.3 Å². The van der Waals surface area contributed by atoms with Crippen LogP contribution in [0.2, 0.25) is 5.02 Å². The van der Waals surface area contributed by atoms with E-state index in [4.69, 9.17) is 11.6 Å². The Labute approximate surface area is 141 Å². The van der Waals surface area contributed by atoms with Crippen LogP contribution in [0, 0.1) is 0 Å². The van der Waals surface area contributed by atoms with E-state index in [2.05, 4.69) is 34.7 Å². The van der Waals surface area contributed by atoms with Crippen molar-refractivity contribution in [2.45, 2.75) is 57.6 Å². The second kappa shape index (κ2) is 7.45. The average Bonchev–Trinajstić information content (AvgIpc) is 2.71. The van der Waals surface area contributed by atoms with Crippen molar-refractivity contribution >= 4 is 27.5 Å². The number of hydrogen-bond acceptors (Lipinski definition) is 2. The molecule has 0 aromatic heterocycles. The van der Waals surface area contributed by atoms with Gasteiger partial charge in [-0.05, 0) is 57.5 Å². The molecule has 2 rings (SSSR count). The van der Waals surface area contributed by atoms with Crippen LogP contribution in [0.3, 0.4) is 0 Å². The summed E-state index contributed by atoms with van der Waals surface area (Å²) in [6.45, 7) is 6.46. The van der Waals surface area contributed by atoms with Crippen LogP contribution in [-0.4, -0.2) is 34.7 Å². The first-order valence-corrected chi connectivity index (χ1v) is 8.95. The summed E-state index contributed by atoms with van der Waals surface area (Å²) >= 11 is 9.70. The van der Waals surface area contributed by atoms with Crippen LogP contribution in [0.5, 0.6) is 0 Å². The van der Waals surface area contributed by atoms with Crippen LogP contribution in [-0.2, 0) is 6.42 Å². The van der Waals surface area contributed by atoms with E-state index in [-0.39, 0.29) is 5.54 Å². The van der Waals surface area contributed by atoms with Crippen LogP contribution < -0.4 is 0 Å². The second-order valence-corrected chi connectivity index (χ2v) is 7.83. The molecule has 1 heterocycles. The molecule has 2 nitrogen and oxygen atoms in total. The van der Waals surface area contributed by atoms with Gasteiger partial charge in [-0.2, -0.15) is 0 Å². The minimum absolute atomic E-state index is 0.221. The lowest BCUT2D eigenvalue weighted by molar-refractivity contribution is -0.00785. The molecule has 21 heavy (non-hydrogen) atoms. The molecule has 1 atom stereocenters. The third kappa shape index (κ3) is 4.44. The Balaban J connectivity index is 2.07. The number of aliphatic hydroxyl groups excluding tert-OH is 1. The Morgan fingerprint density at radius 2 is 1.86 bits per heavy atom. The van der Waals surface area contributed by atoms with Gasteiger partial charge in [-0.3, -0.25) is 4.90 Å². The molecule has 0 bridgehead atoms. The summed E-state index contributed by atoms with van der Waals surface area (Å²) in [7, 11) is 0. The maximum absolute atomic E-state index is 10.8. The predicted octanol–water partition coefficient (Wildman–Crippen LogP) is 4.66. The molecule has 1 aliphatic rings. The van der Waals surface area contributed by atoms with E-state index in [1.54, 1.807) is 0 Å². The van der Waals surface area contributed by atoms with E-state index in [9.17, 15) is 5.11 Å². The molecular weight excluding hydrogens is 350 g/mol. The molecular formula is C17H25BrClNO. The van der Waals surface area contributed by atoms with E-state index < -0.39 is 6.10 Å². The minimum atomic E-state index is -0.422. The third-order valence-electron chi connectivity index (χ3n) is 4.66. The average molecular weight is 375 g/mol. The molecule has 1 unspecified atom stereocenters. The van der Waals surface area contributed by atoms with Crippen molar-refractivity contribution in [1.29, 1.82) is 0 Å². The second-order valence-electron chi connectivity index (χ2n) is 6.51. The van der Waals surface area contributed by atoms with Crippen LogP contribution in [0.1, 0.15) is 45.1 Å². The molecule has 0 spiro atoms. The fourth-order valence-corrected chi connectivity index (χ4v) is 3.75. The van der Waals surface area contributed by atoms with E-state index in [1.807, 2.05) is 18.2 Å². The number of likely N-dealkylation sites (tertiary alicyclic amines) is 1. The standard InChI is InChI=1S/C17H25BrClNO/c1-17(2,20-9-5-3-4-6-10-20)16(21)11-13-7-8-14(18)12-15(13)19/h7-8,12,16,21H,3-6,9-11H2,1-2H3. The van der Waals surface area contributed by atoms with Crippen LogP contribution in [0.15, 0.2) is 22.7 Å². The SMILES string of the molecule is CC(C)(C(O)Cc1ccc(Br)cc1Cl)N1CCCCCC1. The number of hydrogen-bond donors (Lipinski definition) is 1. The third-order valence-corrected chi connectivity index (χ3v) is 5.51. The molecule has 1 fully saturated rings. The topological polar surface area (TPSA) is 23.5 Å². The van der Waals surface area contributed by atoms with E-state index in [0.29, 0.717) is 6.42 Å². The van der Waals surface area contributed by atoms with Gasteiger partial charge >= 0.3 is 0 Å². The normalized spacial score (nSPS) is 19.3. The highest BCUT2D eigenvalue weighted by Crippen LogP contribution is 2.28. The number of aliphatic hydroxyl groups is 1. The first-order valence-electron chi connectivity index (χ1n) is 7.78. The number of benzene rings is 1. The largest absolute Gasteiger partial charge is 0.391 e. The molecule has 1 aromatic carbocycles. The van der Waals surface area contributed by atoms with Gasteiger partial charge in [0.2, 0.25) is 0 Å². The quantitative estimate of drug-likeness (QED) is 0.828. The molecule has 118 valence electrons. The number of halogens is 2. The van der Waals surface area contributed by atoms with Gasteiger partial charge in [0.15, 0.2) is 0 Å². The lowest BCUT2D eigenvalue weighted by Crippen LogP contribution is -2.53. The summed E-state index contributed by atoms with van der Waals surface area (Å²) in [6, 6.07) is 5.86. The summed E-state index contributed by atoms with van der Waals surface area (Å²) in [4.78, 5) is 2.44. The lowest BCUT2D eigenvalue weighted by Gasteiger charge is -2.41. The van der Waals surface area contributed by atoms with Crippen molar-refractivity contribution in [3.8, 4) is 0 Å². The molecule has 1 aliphatic heterocycles. The number of rotatable bonds is 4. The summed E-state index contributed by atoms with van der Waals surface area (Å²) in [5.41, 5.74) is 0.788. The van der Waals surface area contributed by atoms with Gasteiger partial charge in [-0.25, -0.2) is 0 Å². The van der Waals surface area contributed by atoms with E-state index in [0.717, 1.165) is 28.1 Å². The summed E-state index contributed by atoms with van der Waals surface area (Å²) in [6.07, 6.45) is 5.25. The summed E-state index contributed by atoms with van der Waals surface area (Å²) in [5.74, 6) is 0. The molecule has 0 radical (unpaired) electrons. The van der Waals surface area contributed by atoms with Crippen molar-refractivity contribution in [1.82, 2.24) is 4.90 Å². The molecule has 4 heteroatoms. The van der Waals surface area contributed by atoms with Crippen LogP contribution in [0.25, 0.3) is 0 Å². The van der Waals surface area contributed by atoms with Crippen molar-refractivity contribution in [2.24, 2.45) is 0 Å². The zero-order valence-corrected chi connectivity index (χ0v) is 15.3. The molecule has 0 saturated carbocycles. The number of nitrogens with zero attached hydrogens (tertiary/aromatic N) is 1. The maximum Gasteiger partial charge on any atom is 0.0759 e. The van der Waals surface area contributed by atoms with Gasteiger partial charge in [0.05, 0.1) is 6.10 Å². The summed E-state index contributed by atoms with van der Waals surface area (Å²) < 4.78 is 0.970. The van der Waals surface area contributed by atoms with Gasteiger partial charge in [0.1, 0.15) is 0 Å². The molecule has 1 saturated heterocycles. The fourth-order valence-electron chi connectivity index (χ4n) is 3.00. The van der Waals surface area contributed by atoms with Gasteiger partial charge < -0.3 is 5.11 Å². The Bertz CT molecular complexity index is 470. The maximum atomic E-state index is 10.8. The smallest absolute Gasteiger partial charge is 0.0759 e. The first kappa shape index (κ1) is 17.3. The van der Waals surface area contributed by atoms with E-state index >= 15 is 0 Å². The van der Waals surface area contributed by atoms with Gasteiger partial charge in [-0.15, -0.1) is 0 Å². The molecule has 1 N–H and O–H groups in total. The predicted molar refractivity (Wildman–Crippen MR) is 93.0 cm³/mol. The Morgan fingerprint density at radius 1 is 1.24 bits per heavy atom. The van der Waals surface area contributed by atoms with Crippen LogP contribution >= 0.6 is 27.5 Å². The van der Waals surface area contributed by atoms with Gasteiger partial charge in [0.25, 0.3) is 0 Å². The van der Waals surface area contributed by atoms with Gasteiger partial charge in [-0.1, -0.05) is 46.4 Å². The fraction of sp³-hybridized carbons (Fsp3) is 0.647. The highest BCUT2D eigenvalue weighted by molar-refractivity contribution is 9.10. The Morgan fingerprint density at radius 3 is 2.43 bits per heavy atom. The van der Waals surface area contributed by atoms with Crippen molar-refractivity contribution < 1.29 is 5.11 Å². The monoisotopic (exact) mass is 373 g/mol. The highest BCUT2D eigenvalue weighted by atomic mass is 79.9. The van der Waals surface area contributed by atoms with Gasteiger partial charge in [0, 0.05) is 21.5 Å². The molecule has 0 amide bonds. The Hall–Kier alpha value is -0.0900. The zero-order chi connectivity index (χ0) is 15.5. The van der Waals surface area contributed by atoms with Crippen molar-refractivity contribution in [3.63, 3.8) is 0 Å². The van der Waals surface area contributed by atoms with Crippen LogP contribution in [0.4, 0.5) is 0 Å². The minimum Gasteiger partial charge on any atom is -0.391 e. The molecule has 1 aromatic rings. The van der Waals surface area contributed by atoms with E-state index in [1.165, 1.54) is 25.7 Å². The molecule has 0 aliphatic carbocycles. The Kier molecular flexibility index (Phi) is 6.13. The zero-order valence-electron chi connectivity index (χ0n) is 12.9.